The third-order valence-electron chi connectivity index (χ3n) is 5.70. The van der Waals surface area contributed by atoms with E-state index in [0.29, 0.717) is 25.9 Å². The summed E-state index contributed by atoms with van der Waals surface area (Å²) in [5, 5.41) is 0. The van der Waals surface area contributed by atoms with E-state index in [1.807, 2.05) is 17.0 Å². The first-order valence-corrected chi connectivity index (χ1v) is 11.2. The van der Waals surface area contributed by atoms with Crippen LogP contribution in [-0.4, -0.2) is 43.2 Å². The number of sulfonamides is 1. The van der Waals surface area contributed by atoms with Crippen LogP contribution >= 0.6 is 0 Å². The van der Waals surface area contributed by atoms with Crippen LogP contribution in [-0.2, 0) is 21.2 Å². The monoisotopic (exact) mass is 399 g/mol. The summed E-state index contributed by atoms with van der Waals surface area (Å²) in [5.74, 6) is -0.00386. The maximum Gasteiger partial charge on any atom is 0.244 e. The number of amides is 1. The van der Waals surface area contributed by atoms with Crippen molar-refractivity contribution in [3.05, 3.63) is 53.9 Å². The predicted octanol–water partition coefficient (Wildman–Crippen LogP) is 2.77. The quantitative estimate of drug-likeness (QED) is 0.796. The molecule has 1 fully saturated rings. The van der Waals surface area contributed by atoms with Crippen LogP contribution in [0.3, 0.4) is 0 Å². The molecule has 0 atom stereocenters. The summed E-state index contributed by atoms with van der Waals surface area (Å²) in [5.41, 5.74) is 3.46. The highest BCUT2D eigenvalue weighted by Crippen LogP contribution is 2.32. The number of pyridine rings is 1. The van der Waals surface area contributed by atoms with E-state index >= 15 is 0 Å². The maximum atomic E-state index is 13.2. The molecular weight excluding hydrogens is 374 g/mol. The van der Waals surface area contributed by atoms with Crippen molar-refractivity contribution in [1.82, 2.24) is 9.29 Å². The molecule has 0 bridgehead atoms. The van der Waals surface area contributed by atoms with Gasteiger partial charge in [0.1, 0.15) is 4.90 Å². The standard InChI is InChI=1S/C21H25N3O3S/c1-16-6-7-20-18(14-16)4-3-11-24(20)21(25)17-8-12-23(13-9-17)28(26,27)19-5-2-10-22-15-19/h2,5-7,10,14-15,17H,3-4,8-9,11-13H2,1H3. The minimum absolute atomic E-state index is 0.128. The number of aromatic nitrogens is 1. The van der Waals surface area contributed by atoms with Gasteiger partial charge in [-0.05, 0) is 56.4 Å². The SMILES string of the molecule is Cc1ccc2c(c1)CCCN2C(=O)C1CCN(S(=O)(=O)c2cccnc2)CC1. The number of carbonyl (C=O) groups excluding carboxylic acids is 1. The van der Waals surface area contributed by atoms with Gasteiger partial charge in [0.05, 0.1) is 0 Å². The Labute approximate surface area is 166 Å². The number of piperidine rings is 1. The van der Waals surface area contributed by atoms with E-state index in [0.717, 1.165) is 25.1 Å². The van der Waals surface area contributed by atoms with Gasteiger partial charge in [-0.15, -0.1) is 0 Å². The first-order chi connectivity index (χ1) is 13.5. The second-order valence-corrected chi connectivity index (χ2v) is 9.53. The smallest absolute Gasteiger partial charge is 0.244 e. The van der Waals surface area contributed by atoms with Crippen LogP contribution in [0.4, 0.5) is 5.69 Å². The van der Waals surface area contributed by atoms with Crippen LogP contribution in [0, 0.1) is 12.8 Å². The van der Waals surface area contributed by atoms with Gasteiger partial charge in [-0.1, -0.05) is 17.7 Å². The summed E-state index contributed by atoms with van der Waals surface area (Å²) in [6, 6.07) is 9.44. The number of hydrogen-bond acceptors (Lipinski definition) is 4. The molecule has 1 amide bonds. The number of nitrogens with zero attached hydrogens (tertiary/aromatic N) is 3. The van der Waals surface area contributed by atoms with Gasteiger partial charge in [0.15, 0.2) is 0 Å². The van der Waals surface area contributed by atoms with E-state index in [2.05, 4.69) is 18.0 Å². The summed E-state index contributed by atoms with van der Waals surface area (Å²) < 4.78 is 27.0. The normalized spacial score (nSPS) is 18.7. The van der Waals surface area contributed by atoms with Crippen molar-refractivity contribution in [2.24, 2.45) is 5.92 Å². The predicted molar refractivity (Wildman–Crippen MR) is 108 cm³/mol. The average Bonchev–Trinajstić information content (AvgIpc) is 2.73. The number of anilines is 1. The zero-order valence-corrected chi connectivity index (χ0v) is 16.9. The van der Waals surface area contributed by atoms with Gasteiger partial charge in [-0.3, -0.25) is 9.78 Å². The lowest BCUT2D eigenvalue weighted by atomic mass is 9.93. The summed E-state index contributed by atoms with van der Waals surface area (Å²) in [6.45, 7) is 3.53. The lowest BCUT2D eigenvalue weighted by Gasteiger charge is -2.36. The largest absolute Gasteiger partial charge is 0.312 e. The minimum Gasteiger partial charge on any atom is -0.312 e. The highest BCUT2D eigenvalue weighted by molar-refractivity contribution is 7.89. The molecule has 28 heavy (non-hydrogen) atoms. The maximum absolute atomic E-state index is 13.2. The molecule has 1 aromatic heterocycles. The Morgan fingerprint density at radius 2 is 1.93 bits per heavy atom. The first kappa shape index (κ1) is 19.1. The third-order valence-corrected chi connectivity index (χ3v) is 7.58. The molecule has 6 nitrogen and oxygen atoms in total. The summed E-state index contributed by atoms with van der Waals surface area (Å²) in [4.78, 5) is 19.2. The number of rotatable bonds is 3. The molecule has 2 aliphatic rings. The Morgan fingerprint density at radius 3 is 2.64 bits per heavy atom. The van der Waals surface area contributed by atoms with Gasteiger partial charge in [-0.25, -0.2) is 8.42 Å². The Balaban J connectivity index is 1.46. The fourth-order valence-electron chi connectivity index (χ4n) is 4.17. The van der Waals surface area contributed by atoms with E-state index < -0.39 is 10.0 Å². The molecule has 1 aromatic carbocycles. The van der Waals surface area contributed by atoms with Crippen molar-refractivity contribution in [1.29, 1.82) is 0 Å². The number of hydrogen-bond donors (Lipinski definition) is 0. The van der Waals surface area contributed by atoms with Crippen molar-refractivity contribution in [2.45, 2.75) is 37.5 Å². The van der Waals surface area contributed by atoms with E-state index in [4.69, 9.17) is 0 Å². The fourth-order valence-corrected chi connectivity index (χ4v) is 5.60. The zero-order valence-electron chi connectivity index (χ0n) is 16.0. The number of fused-ring (bicyclic) bond motifs is 1. The molecule has 148 valence electrons. The summed E-state index contributed by atoms with van der Waals surface area (Å²) >= 11 is 0. The molecule has 4 rings (SSSR count). The van der Waals surface area contributed by atoms with Crippen molar-refractivity contribution in [3.8, 4) is 0 Å². The Morgan fingerprint density at radius 1 is 1.14 bits per heavy atom. The van der Waals surface area contributed by atoms with Crippen LogP contribution < -0.4 is 4.90 Å². The van der Waals surface area contributed by atoms with E-state index in [1.165, 1.54) is 21.6 Å². The minimum atomic E-state index is -3.54. The van der Waals surface area contributed by atoms with Gasteiger partial charge in [0.25, 0.3) is 0 Å². The lowest BCUT2D eigenvalue weighted by Crippen LogP contribution is -2.45. The van der Waals surface area contributed by atoms with Crippen molar-refractivity contribution >= 4 is 21.6 Å². The highest BCUT2D eigenvalue weighted by Gasteiger charge is 2.35. The molecule has 0 aliphatic carbocycles. The van der Waals surface area contributed by atoms with Crippen LogP contribution in [0.1, 0.15) is 30.4 Å². The Bertz CT molecular complexity index is 968. The number of carbonyl (C=O) groups is 1. The number of aryl methyl sites for hydroxylation is 2. The summed E-state index contributed by atoms with van der Waals surface area (Å²) in [7, 11) is -3.54. The van der Waals surface area contributed by atoms with Crippen LogP contribution in [0.25, 0.3) is 0 Å². The molecule has 0 unspecified atom stereocenters. The van der Waals surface area contributed by atoms with Crippen LogP contribution in [0.15, 0.2) is 47.6 Å². The van der Waals surface area contributed by atoms with E-state index in [-0.39, 0.29) is 16.7 Å². The third kappa shape index (κ3) is 3.56. The van der Waals surface area contributed by atoms with Gasteiger partial charge in [-0.2, -0.15) is 4.31 Å². The average molecular weight is 400 g/mol. The Hall–Kier alpha value is -2.25. The van der Waals surface area contributed by atoms with Gasteiger partial charge in [0.2, 0.25) is 15.9 Å². The molecule has 0 radical (unpaired) electrons. The van der Waals surface area contributed by atoms with Gasteiger partial charge >= 0.3 is 0 Å². The van der Waals surface area contributed by atoms with Gasteiger partial charge in [0, 0.05) is 43.6 Å². The molecule has 2 aliphatic heterocycles. The van der Waals surface area contributed by atoms with E-state index in [9.17, 15) is 13.2 Å². The van der Waals surface area contributed by atoms with E-state index in [1.54, 1.807) is 18.3 Å². The van der Waals surface area contributed by atoms with Crippen molar-refractivity contribution in [3.63, 3.8) is 0 Å². The molecule has 7 heteroatoms. The van der Waals surface area contributed by atoms with Crippen LogP contribution in [0.2, 0.25) is 0 Å². The van der Waals surface area contributed by atoms with Crippen molar-refractivity contribution in [2.75, 3.05) is 24.5 Å². The molecular formula is C21H25N3O3S. The molecule has 1 saturated heterocycles. The molecule has 0 spiro atoms. The van der Waals surface area contributed by atoms with Crippen molar-refractivity contribution < 1.29 is 13.2 Å². The topological polar surface area (TPSA) is 70.6 Å². The molecule has 2 aromatic rings. The molecule has 3 heterocycles. The lowest BCUT2D eigenvalue weighted by molar-refractivity contribution is -0.123. The first-order valence-electron chi connectivity index (χ1n) is 9.78. The highest BCUT2D eigenvalue weighted by atomic mass is 32.2. The van der Waals surface area contributed by atoms with Crippen LogP contribution in [0.5, 0.6) is 0 Å². The number of benzene rings is 1. The summed E-state index contributed by atoms with van der Waals surface area (Å²) in [6.07, 6.45) is 6.01. The Kier molecular flexibility index (Phi) is 5.21. The second-order valence-electron chi connectivity index (χ2n) is 7.59. The van der Waals surface area contributed by atoms with Gasteiger partial charge < -0.3 is 4.90 Å². The molecule has 0 N–H and O–H groups in total. The zero-order chi connectivity index (χ0) is 19.7. The molecule has 0 saturated carbocycles. The second kappa shape index (κ2) is 7.64. The fraction of sp³-hybridized carbons (Fsp3) is 0.429.